The van der Waals surface area contributed by atoms with Crippen LogP contribution in [-0.4, -0.2) is 15.4 Å². The van der Waals surface area contributed by atoms with Crippen molar-refractivity contribution in [3.05, 3.63) is 52.7 Å². The topological polar surface area (TPSA) is 31.0 Å². The highest BCUT2D eigenvalue weighted by Gasteiger charge is 2.12. The Morgan fingerprint density at radius 1 is 1.25 bits per heavy atom. The zero-order valence-electron chi connectivity index (χ0n) is 11.1. The summed E-state index contributed by atoms with van der Waals surface area (Å²) < 4.78 is 7.77. The summed E-state index contributed by atoms with van der Waals surface area (Å²) in [6.45, 7) is 2.57. The predicted molar refractivity (Wildman–Crippen MR) is 81.7 cm³/mol. The van der Waals surface area contributed by atoms with E-state index in [2.05, 4.69) is 9.55 Å². The number of furan rings is 1. The molecular formula is C15H14Cl2N2O. The van der Waals surface area contributed by atoms with E-state index in [9.17, 15) is 0 Å². The molecule has 3 aromatic rings. The lowest BCUT2D eigenvalue weighted by molar-refractivity contribution is 0.469. The maximum absolute atomic E-state index is 6.09. The molecule has 0 radical (unpaired) electrons. The van der Waals surface area contributed by atoms with Crippen molar-refractivity contribution in [2.24, 2.45) is 0 Å². The number of benzene rings is 1. The number of aryl methyl sites for hydroxylation is 2. The molecule has 3 rings (SSSR count). The molecule has 20 heavy (non-hydrogen) atoms. The first kappa shape index (κ1) is 13.5. The van der Waals surface area contributed by atoms with Crippen LogP contribution in [0.25, 0.3) is 11.0 Å². The lowest BCUT2D eigenvalue weighted by atomic mass is 10.3. The van der Waals surface area contributed by atoms with Gasteiger partial charge in [-0.25, -0.2) is 4.98 Å². The van der Waals surface area contributed by atoms with Gasteiger partial charge in [0.2, 0.25) is 0 Å². The van der Waals surface area contributed by atoms with Crippen molar-refractivity contribution in [3.63, 3.8) is 0 Å². The molecule has 0 amide bonds. The smallest absolute Gasteiger partial charge is 0.123 e. The number of hydrogen-bond donors (Lipinski definition) is 0. The Kier molecular flexibility index (Phi) is 3.72. The van der Waals surface area contributed by atoms with E-state index in [1.807, 2.05) is 37.3 Å². The van der Waals surface area contributed by atoms with E-state index in [1.165, 1.54) is 0 Å². The van der Waals surface area contributed by atoms with E-state index >= 15 is 0 Å². The van der Waals surface area contributed by atoms with Crippen LogP contribution in [0.5, 0.6) is 0 Å². The molecule has 0 aliphatic rings. The summed E-state index contributed by atoms with van der Waals surface area (Å²) in [5.74, 6) is 3.29. The van der Waals surface area contributed by atoms with Crippen molar-refractivity contribution >= 4 is 34.2 Å². The largest absolute Gasteiger partial charge is 0.464 e. The van der Waals surface area contributed by atoms with E-state index in [-0.39, 0.29) is 0 Å². The van der Waals surface area contributed by atoms with Crippen molar-refractivity contribution in [3.8, 4) is 0 Å². The van der Waals surface area contributed by atoms with Crippen molar-refractivity contribution in [2.45, 2.75) is 19.9 Å². The summed E-state index contributed by atoms with van der Waals surface area (Å²) in [6, 6.07) is 9.65. The third-order valence-electron chi connectivity index (χ3n) is 3.22. The molecule has 0 saturated carbocycles. The van der Waals surface area contributed by atoms with E-state index < -0.39 is 0 Å². The van der Waals surface area contributed by atoms with Crippen LogP contribution in [0, 0.1) is 6.92 Å². The normalized spacial score (nSPS) is 11.3. The van der Waals surface area contributed by atoms with E-state index in [0.29, 0.717) is 23.9 Å². The van der Waals surface area contributed by atoms with Gasteiger partial charge < -0.3 is 8.98 Å². The molecule has 0 spiro atoms. The summed E-state index contributed by atoms with van der Waals surface area (Å²) >= 11 is 12.0. The minimum Gasteiger partial charge on any atom is -0.464 e. The summed E-state index contributed by atoms with van der Waals surface area (Å²) in [7, 11) is 0. The Labute approximate surface area is 127 Å². The lowest BCUT2D eigenvalue weighted by Crippen LogP contribution is -2.05. The number of imidazole rings is 1. The highest BCUT2D eigenvalue weighted by Crippen LogP contribution is 2.23. The Morgan fingerprint density at radius 3 is 2.80 bits per heavy atom. The second-order valence-electron chi connectivity index (χ2n) is 4.70. The van der Waals surface area contributed by atoms with Crippen molar-refractivity contribution in [1.29, 1.82) is 0 Å². The van der Waals surface area contributed by atoms with Crippen molar-refractivity contribution in [1.82, 2.24) is 9.55 Å². The Bertz CT molecular complexity index is 745. The highest BCUT2D eigenvalue weighted by molar-refractivity contribution is 6.31. The van der Waals surface area contributed by atoms with E-state index in [0.717, 1.165) is 28.4 Å². The standard InChI is InChI=1S/C15H14Cl2N2O/c1-10-2-4-12(20-10)9-19-14-8-11(17)3-5-13(14)18-15(19)6-7-16/h2-5,8H,6-7,9H2,1H3. The number of alkyl halides is 1. The summed E-state index contributed by atoms with van der Waals surface area (Å²) in [4.78, 5) is 4.62. The van der Waals surface area contributed by atoms with Crippen LogP contribution in [0.4, 0.5) is 0 Å². The quantitative estimate of drug-likeness (QED) is 0.668. The van der Waals surface area contributed by atoms with Crippen LogP contribution < -0.4 is 0 Å². The maximum Gasteiger partial charge on any atom is 0.123 e. The lowest BCUT2D eigenvalue weighted by Gasteiger charge is -2.06. The zero-order valence-corrected chi connectivity index (χ0v) is 12.6. The Morgan fingerprint density at radius 2 is 2.10 bits per heavy atom. The van der Waals surface area contributed by atoms with Crippen LogP contribution >= 0.6 is 23.2 Å². The van der Waals surface area contributed by atoms with Gasteiger partial charge in [0.25, 0.3) is 0 Å². The van der Waals surface area contributed by atoms with Gasteiger partial charge in [-0.05, 0) is 37.3 Å². The van der Waals surface area contributed by atoms with Crippen molar-refractivity contribution in [2.75, 3.05) is 5.88 Å². The number of rotatable bonds is 4. The average Bonchev–Trinajstić information content (AvgIpc) is 2.96. The SMILES string of the molecule is Cc1ccc(Cn2c(CCCl)nc3ccc(Cl)cc32)o1. The summed E-state index contributed by atoms with van der Waals surface area (Å²) in [6.07, 6.45) is 0.716. The van der Waals surface area contributed by atoms with Crippen LogP contribution in [0.15, 0.2) is 34.7 Å². The number of fused-ring (bicyclic) bond motifs is 1. The average molecular weight is 309 g/mol. The molecule has 2 heterocycles. The zero-order chi connectivity index (χ0) is 14.1. The van der Waals surface area contributed by atoms with Gasteiger partial charge >= 0.3 is 0 Å². The third-order valence-corrected chi connectivity index (χ3v) is 3.64. The summed E-state index contributed by atoms with van der Waals surface area (Å²) in [5, 5.41) is 0.701. The molecule has 0 aliphatic carbocycles. The third kappa shape index (κ3) is 2.56. The minimum atomic E-state index is 0.536. The molecule has 2 aromatic heterocycles. The number of nitrogens with zero attached hydrogens (tertiary/aromatic N) is 2. The maximum atomic E-state index is 6.09. The Hall–Kier alpha value is -1.45. The van der Waals surface area contributed by atoms with Gasteiger partial charge in [0.15, 0.2) is 0 Å². The van der Waals surface area contributed by atoms with Gasteiger partial charge in [-0.3, -0.25) is 0 Å². The van der Waals surface area contributed by atoms with Crippen molar-refractivity contribution < 1.29 is 4.42 Å². The molecule has 0 bridgehead atoms. The van der Waals surface area contributed by atoms with Gasteiger partial charge in [0.1, 0.15) is 17.3 Å². The van der Waals surface area contributed by atoms with Gasteiger partial charge in [-0.1, -0.05) is 11.6 Å². The van der Waals surface area contributed by atoms with Crippen LogP contribution in [0.1, 0.15) is 17.3 Å². The monoisotopic (exact) mass is 308 g/mol. The fourth-order valence-electron chi connectivity index (χ4n) is 2.32. The highest BCUT2D eigenvalue weighted by atomic mass is 35.5. The second-order valence-corrected chi connectivity index (χ2v) is 5.51. The molecule has 0 fully saturated rings. The number of halogens is 2. The molecule has 0 aliphatic heterocycles. The molecule has 0 saturated heterocycles. The number of hydrogen-bond acceptors (Lipinski definition) is 2. The van der Waals surface area contributed by atoms with Crippen LogP contribution in [-0.2, 0) is 13.0 Å². The fraction of sp³-hybridized carbons (Fsp3) is 0.267. The molecular weight excluding hydrogens is 295 g/mol. The molecule has 3 nitrogen and oxygen atoms in total. The Balaban J connectivity index is 2.09. The number of aromatic nitrogens is 2. The van der Waals surface area contributed by atoms with Crippen LogP contribution in [0.2, 0.25) is 5.02 Å². The van der Waals surface area contributed by atoms with Gasteiger partial charge in [0, 0.05) is 17.3 Å². The first-order chi connectivity index (χ1) is 9.67. The second kappa shape index (κ2) is 5.51. The fourth-order valence-corrected chi connectivity index (χ4v) is 2.66. The summed E-state index contributed by atoms with van der Waals surface area (Å²) in [5.41, 5.74) is 1.93. The van der Waals surface area contributed by atoms with Gasteiger partial charge in [-0.2, -0.15) is 0 Å². The van der Waals surface area contributed by atoms with Crippen LogP contribution in [0.3, 0.4) is 0 Å². The molecule has 0 unspecified atom stereocenters. The first-order valence-electron chi connectivity index (χ1n) is 6.43. The molecule has 0 atom stereocenters. The van der Waals surface area contributed by atoms with E-state index in [1.54, 1.807) is 0 Å². The minimum absolute atomic E-state index is 0.536. The van der Waals surface area contributed by atoms with Gasteiger partial charge in [-0.15, -0.1) is 11.6 Å². The van der Waals surface area contributed by atoms with E-state index in [4.69, 9.17) is 27.6 Å². The first-order valence-corrected chi connectivity index (χ1v) is 7.34. The predicted octanol–water partition coefficient (Wildman–Crippen LogP) is 4.42. The molecule has 5 heteroatoms. The molecule has 0 N–H and O–H groups in total. The molecule has 104 valence electrons. The molecule has 1 aromatic carbocycles. The van der Waals surface area contributed by atoms with Gasteiger partial charge in [0.05, 0.1) is 17.6 Å².